The molecule has 2 aliphatic heterocycles. The molecule has 2 aliphatic rings. The van der Waals surface area contributed by atoms with Crippen LogP contribution < -0.4 is 21.5 Å². The van der Waals surface area contributed by atoms with Crippen LogP contribution in [0.1, 0.15) is 41.7 Å². The Bertz CT molecular complexity index is 1650. The minimum atomic E-state index is -1.39. The van der Waals surface area contributed by atoms with Crippen LogP contribution in [0.4, 0.5) is 22.7 Å². The Balaban J connectivity index is 1.38. The summed E-state index contributed by atoms with van der Waals surface area (Å²) in [7, 11) is 0. The number of anilines is 3. The maximum Gasteiger partial charge on any atom is 0.328 e. The van der Waals surface area contributed by atoms with Gasteiger partial charge < -0.3 is 30.3 Å². The largest absolute Gasteiger partial charge is 0.488 e. The summed E-state index contributed by atoms with van der Waals surface area (Å²) in [4.78, 5) is 78.0. The number of nitroso groups, excluding NO2 is 1. The van der Waals surface area contributed by atoms with E-state index in [4.69, 9.17) is 4.74 Å². The average molecular weight is 588 g/mol. The number of nitrogens with one attached hydrogen (secondary N) is 2. The number of ether oxygens (including phenoxy) is 1. The second kappa shape index (κ2) is 12.3. The summed E-state index contributed by atoms with van der Waals surface area (Å²) in [6.07, 6.45) is 3.36. The molecule has 13 nitrogen and oxygen atoms in total. The summed E-state index contributed by atoms with van der Waals surface area (Å²) in [5, 5.41) is 18.8. The number of benzene rings is 2. The molecule has 5 rings (SSSR count). The minimum absolute atomic E-state index is 0.00432. The van der Waals surface area contributed by atoms with E-state index in [1.54, 1.807) is 6.08 Å². The fraction of sp³-hybridized carbons (Fsp3) is 0.300. The summed E-state index contributed by atoms with van der Waals surface area (Å²) in [5.41, 5.74) is -1.19. The van der Waals surface area contributed by atoms with Gasteiger partial charge in [-0.15, -0.1) is 4.91 Å². The van der Waals surface area contributed by atoms with Crippen LogP contribution in [0.2, 0.25) is 0 Å². The van der Waals surface area contributed by atoms with Crippen molar-refractivity contribution in [2.45, 2.75) is 38.0 Å². The summed E-state index contributed by atoms with van der Waals surface area (Å²) < 4.78 is 5.26. The molecule has 3 N–H and O–H groups in total. The van der Waals surface area contributed by atoms with Crippen LogP contribution in [0.3, 0.4) is 0 Å². The fourth-order valence-corrected chi connectivity index (χ4v) is 5.32. The van der Waals surface area contributed by atoms with Crippen molar-refractivity contribution in [3.05, 3.63) is 97.3 Å². The van der Waals surface area contributed by atoms with Crippen molar-refractivity contribution in [1.82, 2.24) is 9.80 Å². The number of hydrogen-bond donors (Lipinski definition) is 3. The molecule has 43 heavy (non-hydrogen) atoms. The van der Waals surface area contributed by atoms with Crippen LogP contribution in [0.25, 0.3) is 0 Å². The van der Waals surface area contributed by atoms with Gasteiger partial charge in [-0.05, 0) is 35.4 Å². The van der Waals surface area contributed by atoms with E-state index in [0.29, 0.717) is 12.8 Å². The predicted octanol–water partition coefficient (Wildman–Crippen LogP) is 3.03. The number of aliphatic carboxylic acids is 1. The Morgan fingerprint density at radius 1 is 1.05 bits per heavy atom. The number of piperazine rings is 1. The molecule has 2 heterocycles. The monoisotopic (exact) mass is 587 g/mol. The van der Waals surface area contributed by atoms with Crippen LogP contribution in [-0.2, 0) is 14.3 Å². The van der Waals surface area contributed by atoms with Gasteiger partial charge in [-0.25, -0.2) is 4.79 Å². The molecule has 1 saturated heterocycles. The molecule has 1 fully saturated rings. The molecule has 0 aliphatic carbocycles. The third kappa shape index (κ3) is 5.61. The van der Waals surface area contributed by atoms with Crippen molar-refractivity contribution < 1.29 is 24.2 Å². The van der Waals surface area contributed by atoms with Gasteiger partial charge in [0, 0.05) is 19.5 Å². The summed E-state index contributed by atoms with van der Waals surface area (Å²) in [6.45, 7) is 1.61. The van der Waals surface area contributed by atoms with E-state index in [2.05, 4.69) is 15.8 Å². The number of hydrogen-bond acceptors (Lipinski definition) is 10. The minimum Gasteiger partial charge on any atom is -0.488 e. The van der Waals surface area contributed by atoms with E-state index in [1.807, 2.05) is 37.3 Å². The third-order valence-electron chi connectivity index (χ3n) is 7.66. The van der Waals surface area contributed by atoms with Crippen LogP contribution in [0.5, 0.6) is 0 Å². The number of carboxylic acid groups (broad SMARTS) is 1. The zero-order valence-corrected chi connectivity index (χ0v) is 23.2. The number of carbonyl (C=O) groups excluding carboxylic acids is 2. The van der Waals surface area contributed by atoms with E-state index in [0.717, 1.165) is 10.5 Å². The standard InChI is InChI=1S/C30H29N5O8/c1-2-19(17-8-4-3-5-9-17)31-24-25(27(37)26(24)36)32-20-11-6-10-18(23(20)33-42)28(38)35-14-13-34(16-21(35)30(40)41)29(39)22-12-7-15-43-22/h3-11,15,19,21-22,31-32H,2,12-14,16H2,1H3,(H,40,41)/t19-,21?,22?/m1/s1. The average Bonchev–Trinajstić information content (AvgIpc) is 3.58. The summed E-state index contributed by atoms with van der Waals surface area (Å²) in [6, 6.07) is 11.9. The smallest absolute Gasteiger partial charge is 0.328 e. The zero-order valence-electron chi connectivity index (χ0n) is 23.2. The lowest BCUT2D eigenvalue weighted by atomic mass is 10.0. The first-order valence-corrected chi connectivity index (χ1v) is 13.8. The van der Waals surface area contributed by atoms with E-state index >= 15 is 0 Å². The Kier molecular flexibility index (Phi) is 8.32. The lowest BCUT2D eigenvalue weighted by Gasteiger charge is -2.40. The van der Waals surface area contributed by atoms with Gasteiger partial charge in [0.15, 0.2) is 6.10 Å². The van der Waals surface area contributed by atoms with Crippen molar-refractivity contribution in [2.75, 3.05) is 30.3 Å². The molecule has 2 amide bonds. The topological polar surface area (TPSA) is 175 Å². The fourth-order valence-electron chi connectivity index (χ4n) is 5.32. The highest BCUT2D eigenvalue weighted by molar-refractivity contribution is 6.04. The van der Waals surface area contributed by atoms with E-state index < -0.39 is 34.9 Å². The highest BCUT2D eigenvalue weighted by Crippen LogP contribution is 2.35. The van der Waals surface area contributed by atoms with Gasteiger partial charge in [-0.1, -0.05) is 43.3 Å². The summed E-state index contributed by atoms with van der Waals surface area (Å²) >= 11 is 0. The first-order valence-electron chi connectivity index (χ1n) is 13.8. The van der Waals surface area contributed by atoms with Crippen molar-refractivity contribution in [3.63, 3.8) is 0 Å². The maximum atomic E-state index is 13.6. The number of carboxylic acids is 1. The third-order valence-corrected chi connectivity index (χ3v) is 7.66. The van der Waals surface area contributed by atoms with Gasteiger partial charge >= 0.3 is 5.97 Å². The van der Waals surface area contributed by atoms with E-state index in [9.17, 15) is 34.0 Å². The summed E-state index contributed by atoms with van der Waals surface area (Å²) in [5.74, 6) is -2.48. The van der Waals surface area contributed by atoms with Gasteiger partial charge in [0.25, 0.3) is 22.7 Å². The first kappa shape index (κ1) is 29.2. The molecule has 0 aromatic heterocycles. The number of nitrogens with zero attached hydrogens (tertiary/aromatic N) is 3. The van der Waals surface area contributed by atoms with Gasteiger partial charge in [0.05, 0.1) is 30.1 Å². The Morgan fingerprint density at radius 3 is 2.44 bits per heavy atom. The molecule has 0 spiro atoms. The second-order valence-electron chi connectivity index (χ2n) is 10.2. The number of rotatable bonds is 10. The van der Waals surface area contributed by atoms with Gasteiger partial charge in [0.1, 0.15) is 23.1 Å². The number of amides is 2. The van der Waals surface area contributed by atoms with Gasteiger partial charge in [-0.3, -0.25) is 19.2 Å². The molecule has 3 aromatic rings. The Labute approximate surface area is 245 Å². The van der Waals surface area contributed by atoms with Crippen LogP contribution in [0, 0.1) is 4.91 Å². The Morgan fingerprint density at radius 2 is 1.79 bits per heavy atom. The molecular formula is C30H29N5O8. The highest BCUT2D eigenvalue weighted by Gasteiger charge is 2.40. The zero-order chi connectivity index (χ0) is 30.7. The highest BCUT2D eigenvalue weighted by atomic mass is 16.5. The van der Waals surface area contributed by atoms with E-state index in [-0.39, 0.29) is 59.9 Å². The van der Waals surface area contributed by atoms with Gasteiger partial charge in [0.2, 0.25) is 0 Å². The molecule has 0 radical (unpaired) electrons. The molecule has 13 heteroatoms. The van der Waals surface area contributed by atoms with Crippen LogP contribution >= 0.6 is 0 Å². The van der Waals surface area contributed by atoms with Crippen molar-refractivity contribution >= 4 is 40.5 Å². The molecule has 0 saturated carbocycles. The molecule has 222 valence electrons. The Hall–Kier alpha value is -5.33. The SMILES string of the molecule is CC[C@@H](Nc1c(Nc2cccc(C(=O)N3CCN(C(=O)C4CC=CO4)CC3C(=O)O)c2N=O)c(=O)c1=O)c1ccccc1. The first-order chi connectivity index (χ1) is 20.7. The van der Waals surface area contributed by atoms with Crippen molar-refractivity contribution in [3.8, 4) is 0 Å². The molecule has 2 unspecified atom stereocenters. The van der Waals surface area contributed by atoms with Gasteiger partial charge in [-0.2, -0.15) is 0 Å². The lowest BCUT2D eigenvalue weighted by Crippen LogP contribution is -2.60. The predicted molar refractivity (Wildman–Crippen MR) is 157 cm³/mol. The molecule has 3 atom stereocenters. The van der Waals surface area contributed by atoms with Crippen LogP contribution in [-0.4, -0.2) is 64.5 Å². The second-order valence-corrected chi connectivity index (χ2v) is 10.2. The van der Waals surface area contributed by atoms with Crippen LogP contribution in [0.15, 0.2) is 75.6 Å². The quantitative estimate of drug-likeness (QED) is 0.236. The normalized spacial score (nSPS) is 18.6. The lowest BCUT2D eigenvalue weighted by molar-refractivity contribution is -0.149. The molecule has 0 bridgehead atoms. The van der Waals surface area contributed by atoms with E-state index in [1.165, 1.54) is 29.4 Å². The van der Waals surface area contributed by atoms with Crippen molar-refractivity contribution in [2.24, 2.45) is 5.18 Å². The molecular weight excluding hydrogens is 558 g/mol. The van der Waals surface area contributed by atoms with Crippen molar-refractivity contribution in [1.29, 1.82) is 0 Å². The number of carbonyl (C=O) groups is 3. The molecule has 3 aromatic carbocycles. The maximum absolute atomic E-state index is 13.6.